The van der Waals surface area contributed by atoms with E-state index >= 15 is 0 Å². The molecule has 3 unspecified atom stereocenters. The van der Waals surface area contributed by atoms with Crippen LogP contribution in [0.5, 0.6) is 0 Å². The number of rotatable bonds is 2. The second-order valence-corrected chi connectivity index (χ2v) is 6.24. The largest absolute Gasteiger partial charge is 0.294 e. The number of hydrogen-bond donors (Lipinski definition) is 0. The Labute approximate surface area is 120 Å². The molecule has 1 heterocycles. The SMILES string of the molecule is CC1CCC(C(=O)c2ccc3ncccc3c2)CC1C. The Morgan fingerprint density at radius 3 is 2.80 bits per heavy atom. The van der Waals surface area contributed by atoms with Crippen LogP contribution in [0.3, 0.4) is 0 Å². The highest BCUT2D eigenvalue weighted by Crippen LogP contribution is 2.35. The molecule has 0 amide bonds. The van der Waals surface area contributed by atoms with Crippen LogP contribution in [0, 0.1) is 17.8 Å². The molecule has 1 aliphatic rings. The number of benzene rings is 1. The minimum absolute atomic E-state index is 0.204. The third-order valence-corrected chi connectivity index (χ3v) is 4.86. The van der Waals surface area contributed by atoms with Gasteiger partial charge in [0.2, 0.25) is 0 Å². The highest BCUT2D eigenvalue weighted by molar-refractivity contribution is 6.00. The average molecular weight is 267 g/mol. The van der Waals surface area contributed by atoms with E-state index in [0.717, 1.165) is 35.2 Å². The number of carbonyl (C=O) groups is 1. The van der Waals surface area contributed by atoms with Crippen LogP contribution in [0.2, 0.25) is 0 Å². The minimum atomic E-state index is 0.204. The third-order valence-electron chi connectivity index (χ3n) is 4.86. The Bertz CT molecular complexity index is 634. The van der Waals surface area contributed by atoms with Gasteiger partial charge in [-0.2, -0.15) is 0 Å². The van der Waals surface area contributed by atoms with Crippen LogP contribution in [0.1, 0.15) is 43.5 Å². The summed E-state index contributed by atoms with van der Waals surface area (Å²) in [4.78, 5) is 17.0. The van der Waals surface area contributed by atoms with Crippen molar-refractivity contribution in [3.8, 4) is 0 Å². The van der Waals surface area contributed by atoms with Gasteiger partial charge in [0.1, 0.15) is 0 Å². The maximum atomic E-state index is 12.7. The van der Waals surface area contributed by atoms with E-state index in [1.165, 1.54) is 6.42 Å². The fourth-order valence-electron chi connectivity index (χ4n) is 3.25. The second-order valence-electron chi connectivity index (χ2n) is 6.24. The number of carbonyl (C=O) groups excluding carboxylic acids is 1. The molecule has 2 aromatic rings. The molecule has 1 aromatic carbocycles. The molecule has 1 aromatic heterocycles. The molecule has 3 rings (SSSR count). The van der Waals surface area contributed by atoms with Crippen LogP contribution >= 0.6 is 0 Å². The van der Waals surface area contributed by atoms with Crippen molar-refractivity contribution in [3.63, 3.8) is 0 Å². The summed E-state index contributed by atoms with van der Waals surface area (Å²) in [5.74, 6) is 1.92. The van der Waals surface area contributed by atoms with Crippen molar-refractivity contribution in [2.75, 3.05) is 0 Å². The van der Waals surface area contributed by atoms with Crippen molar-refractivity contribution in [1.82, 2.24) is 4.98 Å². The van der Waals surface area contributed by atoms with Crippen molar-refractivity contribution < 1.29 is 4.79 Å². The number of fused-ring (bicyclic) bond motifs is 1. The Hall–Kier alpha value is -1.70. The van der Waals surface area contributed by atoms with E-state index < -0.39 is 0 Å². The fourth-order valence-corrected chi connectivity index (χ4v) is 3.25. The average Bonchev–Trinajstić information content (AvgIpc) is 2.49. The van der Waals surface area contributed by atoms with Gasteiger partial charge in [-0.25, -0.2) is 0 Å². The smallest absolute Gasteiger partial charge is 0.165 e. The monoisotopic (exact) mass is 267 g/mol. The van der Waals surface area contributed by atoms with Crippen LogP contribution < -0.4 is 0 Å². The van der Waals surface area contributed by atoms with Crippen LogP contribution in [0.15, 0.2) is 36.5 Å². The van der Waals surface area contributed by atoms with Gasteiger partial charge >= 0.3 is 0 Å². The summed E-state index contributed by atoms with van der Waals surface area (Å²) in [5.41, 5.74) is 1.80. The van der Waals surface area contributed by atoms with E-state index in [9.17, 15) is 4.79 Å². The maximum Gasteiger partial charge on any atom is 0.165 e. The molecule has 1 aliphatic carbocycles. The van der Waals surface area contributed by atoms with Crippen LogP contribution in [-0.2, 0) is 0 Å². The van der Waals surface area contributed by atoms with Gasteiger partial charge in [0, 0.05) is 23.1 Å². The number of nitrogens with zero attached hydrogens (tertiary/aromatic N) is 1. The zero-order chi connectivity index (χ0) is 14.1. The Kier molecular flexibility index (Phi) is 3.56. The summed E-state index contributed by atoms with van der Waals surface area (Å²) in [6, 6.07) is 9.82. The molecule has 0 saturated heterocycles. The lowest BCUT2D eigenvalue weighted by atomic mass is 9.73. The number of Topliss-reactive ketones (excluding diaryl/α,β-unsaturated/α-hetero) is 1. The molecule has 2 nitrogen and oxygen atoms in total. The Balaban J connectivity index is 1.85. The van der Waals surface area contributed by atoms with Crippen molar-refractivity contribution in [1.29, 1.82) is 0 Å². The summed E-state index contributed by atoms with van der Waals surface area (Å²) in [5, 5.41) is 1.05. The van der Waals surface area contributed by atoms with Crippen molar-refractivity contribution in [3.05, 3.63) is 42.1 Å². The van der Waals surface area contributed by atoms with Gasteiger partial charge in [-0.1, -0.05) is 19.9 Å². The molecule has 0 radical (unpaired) electrons. The molecular formula is C18H21NO. The van der Waals surface area contributed by atoms with Crippen LogP contribution in [0.25, 0.3) is 10.9 Å². The van der Waals surface area contributed by atoms with E-state index in [1.807, 2.05) is 30.3 Å². The van der Waals surface area contributed by atoms with Gasteiger partial charge in [-0.15, -0.1) is 0 Å². The first-order valence-corrected chi connectivity index (χ1v) is 7.54. The molecule has 104 valence electrons. The first-order chi connectivity index (χ1) is 9.65. The number of aromatic nitrogens is 1. The standard InChI is InChI=1S/C18H21NO/c1-12-5-6-15(10-13(12)2)18(20)16-7-8-17-14(11-16)4-3-9-19-17/h3-4,7-9,11-13,15H,5-6,10H2,1-2H3. The van der Waals surface area contributed by atoms with E-state index in [-0.39, 0.29) is 5.92 Å². The third kappa shape index (κ3) is 2.47. The fraction of sp³-hybridized carbons (Fsp3) is 0.444. The zero-order valence-electron chi connectivity index (χ0n) is 12.2. The Morgan fingerprint density at radius 2 is 2.00 bits per heavy atom. The van der Waals surface area contributed by atoms with Crippen molar-refractivity contribution in [2.24, 2.45) is 17.8 Å². The molecule has 0 bridgehead atoms. The summed E-state index contributed by atoms with van der Waals surface area (Å²) in [6.45, 7) is 4.57. The maximum absolute atomic E-state index is 12.7. The zero-order valence-corrected chi connectivity index (χ0v) is 12.2. The normalized spacial score (nSPS) is 26.6. The lowest BCUT2D eigenvalue weighted by Crippen LogP contribution is -2.26. The van der Waals surface area contributed by atoms with E-state index in [0.29, 0.717) is 11.7 Å². The summed E-state index contributed by atoms with van der Waals surface area (Å²) < 4.78 is 0. The summed E-state index contributed by atoms with van der Waals surface area (Å²) in [7, 11) is 0. The summed E-state index contributed by atoms with van der Waals surface area (Å²) in [6.07, 6.45) is 5.03. The van der Waals surface area contributed by atoms with Gasteiger partial charge in [0.15, 0.2) is 5.78 Å². The highest BCUT2D eigenvalue weighted by Gasteiger charge is 2.29. The molecule has 0 N–H and O–H groups in total. The first kappa shape index (κ1) is 13.3. The first-order valence-electron chi connectivity index (χ1n) is 7.54. The predicted molar refractivity (Wildman–Crippen MR) is 81.7 cm³/mol. The van der Waals surface area contributed by atoms with Gasteiger partial charge in [-0.05, 0) is 55.4 Å². The minimum Gasteiger partial charge on any atom is -0.294 e. The second kappa shape index (κ2) is 5.35. The Morgan fingerprint density at radius 1 is 1.15 bits per heavy atom. The molecule has 0 aliphatic heterocycles. The van der Waals surface area contributed by atoms with Crippen LogP contribution in [0.4, 0.5) is 0 Å². The highest BCUT2D eigenvalue weighted by atomic mass is 16.1. The van der Waals surface area contributed by atoms with Gasteiger partial charge < -0.3 is 0 Å². The topological polar surface area (TPSA) is 30.0 Å². The van der Waals surface area contributed by atoms with E-state index in [2.05, 4.69) is 18.8 Å². The molecule has 1 saturated carbocycles. The number of hydrogen-bond acceptors (Lipinski definition) is 2. The van der Waals surface area contributed by atoms with Gasteiger partial charge in [-0.3, -0.25) is 9.78 Å². The van der Waals surface area contributed by atoms with E-state index in [4.69, 9.17) is 0 Å². The van der Waals surface area contributed by atoms with Gasteiger partial charge in [0.25, 0.3) is 0 Å². The predicted octanol–water partition coefficient (Wildman–Crippen LogP) is 4.49. The molecule has 3 atom stereocenters. The quantitative estimate of drug-likeness (QED) is 0.750. The van der Waals surface area contributed by atoms with E-state index in [1.54, 1.807) is 6.20 Å². The van der Waals surface area contributed by atoms with Crippen molar-refractivity contribution in [2.45, 2.75) is 33.1 Å². The van der Waals surface area contributed by atoms with Gasteiger partial charge in [0.05, 0.1) is 5.52 Å². The van der Waals surface area contributed by atoms with Crippen molar-refractivity contribution >= 4 is 16.7 Å². The number of pyridine rings is 1. The summed E-state index contributed by atoms with van der Waals surface area (Å²) >= 11 is 0. The molecule has 2 heteroatoms. The molecule has 0 spiro atoms. The molecular weight excluding hydrogens is 246 g/mol. The van der Waals surface area contributed by atoms with Crippen LogP contribution in [-0.4, -0.2) is 10.8 Å². The lowest BCUT2D eigenvalue weighted by molar-refractivity contribution is 0.0838. The lowest BCUT2D eigenvalue weighted by Gasteiger charge is -2.31. The number of ketones is 1. The molecule has 1 fully saturated rings. The molecule has 20 heavy (non-hydrogen) atoms.